The number of nitrogens with one attached hydrogen (secondary N) is 2. The quantitative estimate of drug-likeness (QED) is 0.0950. The Labute approximate surface area is 247 Å². The minimum atomic E-state index is -0.874. The molecule has 0 saturated heterocycles. The number of alkyl carbamates (subject to hydrolysis) is 2. The van der Waals surface area contributed by atoms with Crippen LogP contribution in [0.25, 0.3) is 0 Å². The Hall–Kier alpha value is -1.93. The van der Waals surface area contributed by atoms with Crippen molar-refractivity contribution in [2.75, 3.05) is 51.6 Å². The molecule has 0 spiro atoms. The number of rotatable bonds is 9. The number of alkyl halides is 2. The largest absolute Gasteiger partial charge is 0.509 e. The Morgan fingerprint density at radius 1 is 0.744 bits per heavy atom. The van der Waals surface area contributed by atoms with Crippen molar-refractivity contribution in [3.8, 4) is 0 Å². The minimum absolute atomic E-state index is 0. The zero-order valence-electron chi connectivity index (χ0n) is 23.3. The molecule has 13 nitrogen and oxygen atoms in total. The molecule has 0 rings (SSSR count). The maximum Gasteiger partial charge on any atom is 0.509 e. The summed E-state index contributed by atoms with van der Waals surface area (Å²) in [6.07, 6.45) is -1.94. The summed E-state index contributed by atoms with van der Waals surface area (Å²) >= 11 is 14.6. The number of amides is 2. The van der Waals surface area contributed by atoms with E-state index in [1.54, 1.807) is 41.5 Å². The number of aliphatic hydroxyl groups excluding tert-OH is 1. The molecule has 39 heavy (non-hydrogen) atoms. The van der Waals surface area contributed by atoms with Crippen LogP contribution >= 0.6 is 34.8 Å². The van der Waals surface area contributed by atoms with Gasteiger partial charge in [0.15, 0.2) is 12.1 Å². The van der Waals surface area contributed by atoms with Crippen LogP contribution in [-0.2, 0) is 28.4 Å². The van der Waals surface area contributed by atoms with Gasteiger partial charge in [-0.3, -0.25) is 0 Å². The lowest BCUT2D eigenvalue weighted by molar-refractivity contribution is 0.0469. The van der Waals surface area contributed by atoms with Crippen LogP contribution < -0.4 is 10.6 Å². The highest BCUT2D eigenvalue weighted by Gasteiger charge is 2.16. The van der Waals surface area contributed by atoms with E-state index in [0.29, 0.717) is 0 Å². The summed E-state index contributed by atoms with van der Waals surface area (Å²) in [6.45, 7) is 16.6. The maximum absolute atomic E-state index is 11.1. The minimum Gasteiger partial charge on any atom is -0.444 e. The van der Waals surface area contributed by atoms with E-state index in [-0.39, 0.29) is 45.9 Å². The number of ether oxygens (including phenoxy) is 6. The Balaban J connectivity index is -0.000000145. The first-order valence-corrected chi connectivity index (χ1v) is 12.8. The molecule has 0 saturated carbocycles. The lowest BCUT2D eigenvalue weighted by atomic mass is 10.2. The van der Waals surface area contributed by atoms with Gasteiger partial charge in [-0.2, -0.15) is 0 Å². The third-order valence-electron chi connectivity index (χ3n) is 2.52. The van der Waals surface area contributed by atoms with Gasteiger partial charge in [0.05, 0.1) is 13.2 Å². The highest BCUT2D eigenvalue weighted by molar-refractivity contribution is 6.61. The first kappa shape index (κ1) is 46.9. The topological polar surface area (TPSA) is 168 Å². The molecule has 0 unspecified atom stereocenters. The van der Waals surface area contributed by atoms with Crippen LogP contribution in [0.4, 0.5) is 19.2 Å². The van der Waals surface area contributed by atoms with Gasteiger partial charge in [-0.25, -0.2) is 19.2 Å². The first-order chi connectivity index (χ1) is 17.5. The number of hydrogen-bond acceptors (Lipinski definition) is 11. The van der Waals surface area contributed by atoms with Crippen LogP contribution in [0.2, 0.25) is 0 Å². The Morgan fingerprint density at radius 2 is 1.15 bits per heavy atom. The molecular weight excluding hydrogens is 587 g/mol. The standard InChI is InChI=1S/C9H16ClNO5.C7H15NO3.C4H10O.C2H2Cl2O2.CH4/c1-9(2,3)16-7(12)11-4-5-14-8(13)15-6-10;1-7(2,3)11-6(10)8-4-5-9;1-3-5-4-2;3-1-6-2(4)5;/h4-6H2,1-3H3,(H,11,12);9H,4-5H2,1-3H3,(H,8,10);3-4H2,1-2H3;1H2;1H4. The monoisotopic (exact) mass is 632 g/mol. The molecule has 0 bridgehead atoms. The third-order valence-corrected chi connectivity index (χ3v) is 2.85. The fourth-order valence-corrected chi connectivity index (χ4v) is 1.71. The molecule has 0 radical (unpaired) electrons. The smallest absolute Gasteiger partial charge is 0.444 e. The molecule has 0 heterocycles. The van der Waals surface area contributed by atoms with Crippen LogP contribution in [0, 0.1) is 0 Å². The van der Waals surface area contributed by atoms with E-state index in [1.807, 2.05) is 13.8 Å². The van der Waals surface area contributed by atoms with Crippen LogP contribution in [0.15, 0.2) is 0 Å². The first-order valence-electron chi connectivity index (χ1n) is 11.3. The van der Waals surface area contributed by atoms with Crippen LogP contribution in [0.1, 0.15) is 62.8 Å². The van der Waals surface area contributed by atoms with E-state index >= 15 is 0 Å². The molecule has 0 fully saturated rings. The van der Waals surface area contributed by atoms with Crippen molar-refractivity contribution in [3.05, 3.63) is 0 Å². The number of aliphatic hydroxyl groups is 1. The van der Waals surface area contributed by atoms with Crippen LogP contribution in [-0.4, -0.2) is 91.7 Å². The molecule has 0 aromatic rings. The van der Waals surface area contributed by atoms with Crippen molar-refractivity contribution < 1.29 is 52.7 Å². The Bertz CT molecular complexity index is 613. The average molecular weight is 634 g/mol. The van der Waals surface area contributed by atoms with Gasteiger partial charge in [0.25, 0.3) is 0 Å². The van der Waals surface area contributed by atoms with E-state index in [0.717, 1.165) is 13.2 Å². The summed E-state index contributed by atoms with van der Waals surface area (Å²) in [7, 11) is 0. The van der Waals surface area contributed by atoms with Crippen LogP contribution in [0.3, 0.4) is 0 Å². The number of halogens is 3. The van der Waals surface area contributed by atoms with E-state index in [4.69, 9.17) is 42.5 Å². The van der Waals surface area contributed by atoms with Gasteiger partial charge in [0.2, 0.25) is 0 Å². The highest BCUT2D eigenvalue weighted by Crippen LogP contribution is 2.06. The fraction of sp³-hybridized carbons (Fsp3) is 0.826. The van der Waals surface area contributed by atoms with Gasteiger partial charge in [0, 0.05) is 31.4 Å². The van der Waals surface area contributed by atoms with E-state index in [2.05, 4.69) is 36.4 Å². The SMILES string of the molecule is C.CC(C)(C)OC(=O)NCCO.CC(C)(C)OC(=O)NCCOC(=O)OCCl.CCOCC.O=C(Cl)OCCl. The summed E-state index contributed by atoms with van der Waals surface area (Å²) in [5.74, 6) is 0. The second kappa shape index (κ2) is 30.6. The predicted octanol–water partition coefficient (Wildman–Crippen LogP) is 5.60. The third kappa shape index (κ3) is 57.1. The summed E-state index contributed by atoms with van der Waals surface area (Å²) in [5.41, 5.74) is -1.90. The number of carbonyl (C=O) groups is 4. The predicted molar refractivity (Wildman–Crippen MR) is 151 cm³/mol. The maximum atomic E-state index is 11.1. The molecule has 3 N–H and O–H groups in total. The van der Waals surface area contributed by atoms with E-state index < -0.39 is 35.0 Å². The second-order valence-electron chi connectivity index (χ2n) is 8.21. The van der Waals surface area contributed by atoms with E-state index in [9.17, 15) is 19.2 Å². The van der Waals surface area contributed by atoms with Gasteiger partial charge >= 0.3 is 23.8 Å². The van der Waals surface area contributed by atoms with Crippen molar-refractivity contribution in [2.45, 2.75) is 74.0 Å². The molecule has 2 amide bonds. The highest BCUT2D eigenvalue weighted by atomic mass is 35.5. The molecule has 0 atom stereocenters. The van der Waals surface area contributed by atoms with E-state index in [1.165, 1.54) is 0 Å². The fourth-order valence-electron chi connectivity index (χ4n) is 1.41. The zero-order valence-corrected chi connectivity index (χ0v) is 25.6. The summed E-state index contributed by atoms with van der Waals surface area (Å²) in [5, 5.41) is 13.1. The van der Waals surface area contributed by atoms with Crippen molar-refractivity contribution in [2.24, 2.45) is 0 Å². The van der Waals surface area contributed by atoms with Gasteiger partial charge in [-0.15, -0.1) is 0 Å². The molecule has 0 aliphatic carbocycles. The second-order valence-corrected chi connectivity index (χ2v) is 8.95. The number of hydrogen-bond donors (Lipinski definition) is 3. The molecule has 16 heteroatoms. The van der Waals surface area contributed by atoms with Gasteiger partial charge in [-0.05, 0) is 55.4 Å². The summed E-state index contributed by atoms with van der Waals surface area (Å²) < 4.78 is 27.4. The molecule has 0 aliphatic heterocycles. The van der Waals surface area contributed by atoms with Crippen molar-refractivity contribution in [1.82, 2.24) is 10.6 Å². The molecular formula is C23H47Cl3N2O11. The zero-order chi connectivity index (χ0) is 30.6. The molecule has 0 aromatic heterocycles. The Kier molecular flexibility index (Phi) is 36.8. The summed E-state index contributed by atoms with van der Waals surface area (Å²) in [4.78, 5) is 42.0. The average Bonchev–Trinajstić information content (AvgIpc) is 2.75. The van der Waals surface area contributed by atoms with Gasteiger partial charge in [0.1, 0.15) is 17.8 Å². The van der Waals surface area contributed by atoms with Crippen molar-refractivity contribution in [3.63, 3.8) is 0 Å². The molecule has 0 aromatic carbocycles. The lowest BCUT2D eigenvalue weighted by Crippen LogP contribution is -2.34. The number of carbonyl (C=O) groups excluding carboxylic acids is 4. The molecule has 236 valence electrons. The summed E-state index contributed by atoms with van der Waals surface area (Å²) in [6, 6.07) is -0.444. The normalized spacial score (nSPS) is 9.64. The lowest BCUT2D eigenvalue weighted by Gasteiger charge is -2.19. The van der Waals surface area contributed by atoms with Gasteiger partial charge in [-0.1, -0.05) is 30.6 Å². The van der Waals surface area contributed by atoms with Crippen molar-refractivity contribution in [1.29, 1.82) is 0 Å². The van der Waals surface area contributed by atoms with Crippen LogP contribution in [0.5, 0.6) is 0 Å². The molecule has 0 aliphatic rings. The van der Waals surface area contributed by atoms with Gasteiger partial charge < -0.3 is 44.2 Å². The van der Waals surface area contributed by atoms with Crippen molar-refractivity contribution >= 4 is 58.6 Å². The Morgan fingerprint density at radius 3 is 1.41 bits per heavy atom.